The molecule has 0 aliphatic heterocycles. The molecular weight excluding hydrogens is 458 g/mol. The number of nitrogens with zero attached hydrogens (tertiary/aromatic N) is 4. The Morgan fingerprint density at radius 2 is 1.83 bits per heavy atom. The molecule has 2 aromatic carbocycles. The van der Waals surface area contributed by atoms with Gasteiger partial charge in [-0.1, -0.05) is 43.3 Å². The highest BCUT2D eigenvalue weighted by molar-refractivity contribution is 6.02. The Kier molecular flexibility index (Phi) is 7.68. The lowest BCUT2D eigenvalue weighted by Crippen LogP contribution is -2.45. The molecular formula is C27H31N5O4. The number of methoxy groups -OCH3 is 1. The molecule has 0 unspecified atom stereocenters. The monoisotopic (exact) mass is 489 g/mol. The van der Waals surface area contributed by atoms with E-state index in [-0.39, 0.29) is 18.4 Å². The number of hydrogen-bond acceptors (Lipinski definition) is 6. The lowest BCUT2D eigenvalue weighted by atomic mass is 10.1. The summed E-state index contributed by atoms with van der Waals surface area (Å²) in [6.45, 7) is 6.33. The molecule has 0 fully saturated rings. The molecule has 2 aromatic heterocycles. The number of ether oxygens (including phenoxy) is 1. The van der Waals surface area contributed by atoms with Crippen LogP contribution >= 0.6 is 0 Å². The maximum Gasteiger partial charge on any atom is 0.251 e. The van der Waals surface area contributed by atoms with E-state index < -0.39 is 6.04 Å². The zero-order chi connectivity index (χ0) is 25.7. The lowest BCUT2D eigenvalue weighted by Gasteiger charge is -2.31. The van der Waals surface area contributed by atoms with Crippen molar-refractivity contribution in [2.75, 3.05) is 18.6 Å². The number of nitrogens with one attached hydrogen (secondary N) is 1. The number of fused-ring (bicyclic) bond motifs is 1. The van der Waals surface area contributed by atoms with Crippen molar-refractivity contribution in [1.82, 2.24) is 20.3 Å². The molecule has 9 nitrogen and oxygen atoms in total. The summed E-state index contributed by atoms with van der Waals surface area (Å²) in [6, 6.07) is 17.0. The SMILES string of the molecule is COc1ccccc1N(C(=O)Cn1nnc2ccccc21)[C@@H](C(=O)NCCC(C)C)c1ccc(C)o1. The number of hydrogen-bond donors (Lipinski definition) is 1. The van der Waals surface area contributed by atoms with Gasteiger partial charge in [0.1, 0.15) is 29.3 Å². The molecule has 4 rings (SSSR count). The van der Waals surface area contributed by atoms with Crippen LogP contribution in [-0.2, 0) is 16.1 Å². The molecule has 0 aliphatic rings. The van der Waals surface area contributed by atoms with Gasteiger partial charge in [-0.2, -0.15) is 0 Å². The van der Waals surface area contributed by atoms with Crippen molar-refractivity contribution in [2.24, 2.45) is 5.92 Å². The van der Waals surface area contributed by atoms with Crippen molar-refractivity contribution in [2.45, 2.75) is 39.8 Å². The molecule has 1 atom stereocenters. The van der Waals surface area contributed by atoms with E-state index in [1.54, 1.807) is 37.3 Å². The average molecular weight is 490 g/mol. The fourth-order valence-electron chi connectivity index (χ4n) is 4.04. The minimum absolute atomic E-state index is 0.131. The maximum absolute atomic E-state index is 14.0. The largest absolute Gasteiger partial charge is 0.495 e. The first-order valence-corrected chi connectivity index (χ1v) is 12.0. The number of aryl methyl sites for hydroxylation is 1. The van der Waals surface area contributed by atoms with E-state index in [1.165, 1.54) is 16.7 Å². The molecule has 0 aliphatic carbocycles. The van der Waals surface area contributed by atoms with Crippen LogP contribution in [0.1, 0.15) is 37.8 Å². The van der Waals surface area contributed by atoms with E-state index in [4.69, 9.17) is 9.15 Å². The van der Waals surface area contributed by atoms with Crippen LogP contribution in [0.15, 0.2) is 65.1 Å². The summed E-state index contributed by atoms with van der Waals surface area (Å²) in [6.07, 6.45) is 0.809. The molecule has 2 amide bonds. The third kappa shape index (κ3) is 5.40. The van der Waals surface area contributed by atoms with Crippen molar-refractivity contribution in [1.29, 1.82) is 0 Å². The van der Waals surface area contributed by atoms with E-state index in [1.807, 2.05) is 30.3 Å². The second kappa shape index (κ2) is 11.1. The second-order valence-corrected chi connectivity index (χ2v) is 9.00. The van der Waals surface area contributed by atoms with E-state index in [9.17, 15) is 9.59 Å². The van der Waals surface area contributed by atoms with Crippen molar-refractivity contribution >= 4 is 28.5 Å². The van der Waals surface area contributed by atoms with Crippen molar-refractivity contribution in [3.05, 3.63) is 72.2 Å². The molecule has 0 saturated heterocycles. The number of carbonyl (C=O) groups is 2. The summed E-state index contributed by atoms with van der Waals surface area (Å²) in [4.78, 5) is 29.0. The van der Waals surface area contributed by atoms with Gasteiger partial charge >= 0.3 is 0 Å². The summed E-state index contributed by atoms with van der Waals surface area (Å²) >= 11 is 0. The second-order valence-electron chi connectivity index (χ2n) is 9.00. The zero-order valence-corrected chi connectivity index (χ0v) is 21.0. The van der Waals surface area contributed by atoms with Crippen LogP contribution in [0, 0.1) is 12.8 Å². The first-order chi connectivity index (χ1) is 17.4. The van der Waals surface area contributed by atoms with Crippen LogP contribution in [0.25, 0.3) is 11.0 Å². The molecule has 9 heteroatoms. The summed E-state index contributed by atoms with van der Waals surface area (Å²) in [5, 5.41) is 11.3. The van der Waals surface area contributed by atoms with Crippen LogP contribution in [-0.4, -0.2) is 40.5 Å². The van der Waals surface area contributed by atoms with Gasteiger partial charge in [0.05, 0.1) is 18.3 Å². The van der Waals surface area contributed by atoms with E-state index in [0.717, 1.165) is 11.9 Å². The summed E-state index contributed by atoms with van der Waals surface area (Å²) < 4.78 is 13.0. The predicted molar refractivity (Wildman–Crippen MR) is 137 cm³/mol. The Labute approximate surface area is 210 Å². The van der Waals surface area contributed by atoms with E-state index >= 15 is 0 Å². The van der Waals surface area contributed by atoms with Gasteiger partial charge < -0.3 is 14.5 Å². The number of amides is 2. The first-order valence-electron chi connectivity index (χ1n) is 12.0. The minimum atomic E-state index is -1.05. The predicted octanol–water partition coefficient (Wildman–Crippen LogP) is 4.28. The van der Waals surface area contributed by atoms with Crippen molar-refractivity contribution < 1.29 is 18.7 Å². The highest BCUT2D eigenvalue weighted by Crippen LogP contribution is 2.35. The van der Waals surface area contributed by atoms with Gasteiger partial charge in [-0.05, 0) is 55.7 Å². The Balaban J connectivity index is 1.78. The molecule has 4 aromatic rings. The fourth-order valence-corrected chi connectivity index (χ4v) is 4.04. The third-order valence-electron chi connectivity index (χ3n) is 5.88. The van der Waals surface area contributed by atoms with Crippen LogP contribution in [0.3, 0.4) is 0 Å². The smallest absolute Gasteiger partial charge is 0.251 e. The highest BCUT2D eigenvalue weighted by atomic mass is 16.5. The fraction of sp³-hybridized carbons (Fsp3) is 0.333. The van der Waals surface area contributed by atoms with Crippen molar-refractivity contribution in [3.63, 3.8) is 0 Å². The number of furan rings is 1. The topological polar surface area (TPSA) is 102 Å². The average Bonchev–Trinajstić information content (AvgIpc) is 3.48. The van der Waals surface area contributed by atoms with Gasteiger partial charge in [0.15, 0.2) is 6.04 Å². The van der Waals surface area contributed by atoms with Crippen molar-refractivity contribution in [3.8, 4) is 5.75 Å². The Morgan fingerprint density at radius 1 is 1.08 bits per heavy atom. The van der Waals surface area contributed by atoms with E-state index in [2.05, 4.69) is 29.5 Å². The Hall–Kier alpha value is -4.14. The van der Waals surface area contributed by atoms with Gasteiger partial charge in [0.2, 0.25) is 5.91 Å². The molecule has 0 bridgehead atoms. The summed E-state index contributed by atoms with van der Waals surface area (Å²) in [7, 11) is 1.53. The van der Waals surface area contributed by atoms with Gasteiger partial charge in [-0.3, -0.25) is 14.5 Å². The molecule has 0 saturated carbocycles. The standard InChI is InChI=1S/C27H31N5O4/c1-18(2)15-16-28-27(34)26(24-14-13-19(3)36-24)32(22-11-7-8-12-23(22)35-4)25(33)17-31-21-10-6-5-9-20(21)29-30-31/h5-14,18,26H,15-17H2,1-4H3,(H,28,34)/t26-/m1/s1. The molecule has 36 heavy (non-hydrogen) atoms. The van der Waals surface area contributed by atoms with Gasteiger partial charge in [0.25, 0.3) is 5.91 Å². The molecule has 2 heterocycles. The first kappa shape index (κ1) is 25.0. The van der Waals surface area contributed by atoms with Crippen LogP contribution in [0.2, 0.25) is 0 Å². The van der Waals surface area contributed by atoms with Gasteiger partial charge in [0, 0.05) is 6.54 Å². The Morgan fingerprint density at radius 3 is 2.56 bits per heavy atom. The third-order valence-corrected chi connectivity index (χ3v) is 5.88. The molecule has 0 radical (unpaired) electrons. The highest BCUT2D eigenvalue weighted by Gasteiger charge is 2.36. The summed E-state index contributed by atoms with van der Waals surface area (Å²) in [5.41, 5.74) is 1.85. The van der Waals surface area contributed by atoms with Gasteiger partial charge in [-0.25, -0.2) is 4.68 Å². The quantitative estimate of drug-likeness (QED) is 0.357. The minimum Gasteiger partial charge on any atom is -0.495 e. The number of rotatable bonds is 10. The number of anilines is 1. The van der Waals surface area contributed by atoms with Crippen LogP contribution < -0.4 is 15.0 Å². The molecule has 188 valence electrons. The number of carbonyl (C=O) groups excluding carboxylic acids is 2. The normalized spacial score (nSPS) is 12.0. The maximum atomic E-state index is 14.0. The lowest BCUT2D eigenvalue weighted by molar-refractivity contribution is -0.127. The Bertz CT molecular complexity index is 1340. The number of benzene rings is 2. The summed E-state index contributed by atoms with van der Waals surface area (Å²) in [5.74, 6) is 1.16. The van der Waals surface area contributed by atoms with Gasteiger partial charge in [-0.15, -0.1) is 5.10 Å². The van der Waals surface area contributed by atoms with Crippen LogP contribution in [0.5, 0.6) is 5.75 Å². The zero-order valence-electron chi connectivity index (χ0n) is 21.0. The number of para-hydroxylation sites is 3. The molecule has 0 spiro atoms. The molecule has 1 N–H and O–H groups in total. The van der Waals surface area contributed by atoms with Crippen LogP contribution in [0.4, 0.5) is 5.69 Å². The van der Waals surface area contributed by atoms with E-state index in [0.29, 0.717) is 40.9 Å². The number of aromatic nitrogens is 3.